The molecule has 1 fully saturated rings. The van der Waals surface area contributed by atoms with Gasteiger partial charge in [-0.25, -0.2) is 0 Å². The van der Waals surface area contributed by atoms with E-state index < -0.39 is 0 Å². The lowest BCUT2D eigenvalue weighted by Gasteiger charge is -2.26. The molecule has 1 aliphatic heterocycles. The number of aliphatic hydroxyl groups is 1. The minimum Gasteiger partial charge on any atom is -0.396 e. The van der Waals surface area contributed by atoms with Gasteiger partial charge in [0.15, 0.2) is 6.29 Å². The molecule has 1 heterocycles. The van der Waals surface area contributed by atoms with Gasteiger partial charge in [0.1, 0.15) is 0 Å². The van der Waals surface area contributed by atoms with Crippen LogP contribution in [0.3, 0.4) is 0 Å². The highest BCUT2D eigenvalue weighted by atomic mass is 16.7. The molecule has 3 nitrogen and oxygen atoms in total. The predicted octanol–water partition coefficient (Wildman–Crippen LogP) is 6.54. The first-order chi connectivity index (χ1) is 13.9. The van der Waals surface area contributed by atoms with Gasteiger partial charge in [0, 0.05) is 26.1 Å². The Bertz CT molecular complexity index is 415. The Morgan fingerprint density at radius 1 is 1.00 bits per heavy atom. The van der Waals surface area contributed by atoms with Crippen molar-refractivity contribution in [2.75, 3.05) is 13.2 Å². The molecule has 1 N–H and O–H groups in total. The topological polar surface area (TPSA) is 38.7 Å². The van der Waals surface area contributed by atoms with E-state index in [1.807, 2.05) is 0 Å². The molecule has 0 aliphatic carbocycles. The molecule has 0 radical (unpaired) electrons. The fraction of sp³-hybridized carbons (Fsp3) is 0.840. The van der Waals surface area contributed by atoms with Crippen LogP contribution < -0.4 is 0 Å². The fourth-order valence-electron chi connectivity index (χ4n) is 3.38. The van der Waals surface area contributed by atoms with Crippen molar-refractivity contribution in [3.8, 4) is 11.8 Å². The number of allylic oxidation sites excluding steroid dienone is 1. The average molecular weight is 393 g/mol. The van der Waals surface area contributed by atoms with Gasteiger partial charge >= 0.3 is 0 Å². The van der Waals surface area contributed by atoms with E-state index in [2.05, 4.69) is 30.9 Å². The number of rotatable bonds is 16. The summed E-state index contributed by atoms with van der Waals surface area (Å²) in [5, 5.41) is 8.71. The average Bonchev–Trinajstić information content (AvgIpc) is 2.72. The zero-order valence-corrected chi connectivity index (χ0v) is 18.3. The van der Waals surface area contributed by atoms with Crippen molar-refractivity contribution in [3.63, 3.8) is 0 Å². The van der Waals surface area contributed by atoms with E-state index in [1.165, 1.54) is 57.8 Å². The van der Waals surface area contributed by atoms with Crippen molar-refractivity contribution < 1.29 is 14.6 Å². The van der Waals surface area contributed by atoms with Gasteiger partial charge in [0.2, 0.25) is 0 Å². The van der Waals surface area contributed by atoms with Crippen molar-refractivity contribution in [2.45, 2.75) is 122 Å². The summed E-state index contributed by atoms with van der Waals surface area (Å²) in [4.78, 5) is 0. The fourth-order valence-corrected chi connectivity index (χ4v) is 3.38. The summed E-state index contributed by atoms with van der Waals surface area (Å²) in [5.74, 6) is 6.45. The first-order valence-corrected chi connectivity index (χ1v) is 11.9. The van der Waals surface area contributed by atoms with Crippen LogP contribution in [0.5, 0.6) is 0 Å². The summed E-state index contributed by atoms with van der Waals surface area (Å²) in [6, 6.07) is 0. The number of ether oxygens (including phenoxy) is 2. The van der Waals surface area contributed by atoms with Crippen LogP contribution in [0, 0.1) is 11.8 Å². The van der Waals surface area contributed by atoms with Gasteiger partial charge in [-0.15, -0.1) is 11.8 Å². The Kier molecular flexibility index (Phi) is 17.6. The molecule has 0 bridgehead atoms. The highest BCUT2D eigenvalue weighted by Crippen LogP contribution is 2.18. The summed E-state index contributed by atoms with van der Waals surface area (Å²) >= 11 is 0. The standard InChI is InChI=1S/C25H44O3/c1-2-3-19-24(28-25-21-16-18-23-27-25)20-15-13-11-9-7-5-4-6-8-10-12-14-17-22-26/h15,20,24-26H,2-7,9,11-14,16-19,21-23H2,1H3/t24-,25?/m1/s1. The molecular weight excluding hydrogens is 348 g/mol. The summed E-state index contributed by atoms with van der Waals surface area (Å²) in [7, 11) is 0. The lowest BCUT2D eigenvalue weighted by Crippen LogP contribution is -2.27. The van der Waals surface area contributed by atoms with Crippen molar-refractivity contribution >= 4 is 0 Å². The van der Waals surface area contributed by atoms with Crippen LogP contribution >= 0.6 is 0 Å². The zero-order valence-electron chi connectivity index (χ0n) is 18.3. The quantitative estimate of drug-likeness (QED) is 0.184. The highest BCUT2D eigenvalue weighted by molar-refractivity contribution is 4.98. The van der Waals surface area contributed by atoms with Crippen molar-refractivity contribution in [2.24, 2.45) is 0 Å². The number of hydrogen-bond acceptors (Lipinski definition) is 3. The van der Waals surface area contributed by atoms with Gasteiger partial charge in [-0.3, -0.25) is 0 Å². The van der Waals surface area contributed by atoms with Crippen LogP contribution in [0.4, 0.5) is 0 Å². The van der Waals surface area contributed by atoms with E-state index in [9.17, 15) is 0 Å². The van der Waals surface area contributed by atoms with Gasteiger partial charge in [-0.1, -0.05) is 51.2 Å². The third-order valence-corrected chi connectivity index (χ3v) is 5.16. The summed E-state index contributed by atoms with van der Waals surface area (Å²) in [6.45, 7) is 3.38. The predicted molar refractivity (Wildman–Crippen MR) is 118 cm³/mol. The Balaban J connectivity index is 2.02. The molecule has 3 heteroatoms. The van der Waals surface area contributed by atoms with Gasteiger partial charge < -0.3 is 14.6 Å². The molecule has 2 atom stereocenters. The first-order valence-electron chi connectivity index (χ1n) is 11.9. The lowest BCUT2D eigenvalue weighted by atomic mass is 10.1. The number of aliphatic hydroxyl groups excluding tert-OH is 1. The Morgan fingerprint density at radius 2 is 1.75 bits per heavy atom. The van der Waals surface area contributed by atoms with E-state index in [4.69, 9.17) is 14.6 Å². The number of hydrogen-bond donors (Lipinski definition) is 1. The third kappa shape index (κ3) is 15.1. The molecule has 1 unspecified atom stereocenters. The zero-order chi connectivity index (χ0) is 20.1. The van der Waals surface area contributed by atoms with Gasteiger partial charge in [0.25, 0.3) is 0 Å². The Hall–Kier alpha value is -0.820. The molecule has 1 rings (SSSR count). The van der Waals surface area contributed by atoms with Crippen molar-refractivity contribution in [3.05, 3.63) is 12.2 Å². The molecule has 162 valence electrons. The second-order valence-electron chi connectivity index (χ2n) is 7.88. The smallest absolute Gasteiger partial charge is 0.158 e. The van der Waals surface area contributed by atoms with Crippen molar-refractivity contribution in [1.82, 2.24) is 0 Å². The van der Waals surface area contributed by atoms with Gasteiger partial charge in [0.05, 0.1) is 6.10 Å². The number of unbranched alkanes of at least 4 members (excludes halogenated alkanes) is 9. The van der Waals surface area contributed by atoms with Crippen LogP contribution in [-0.4, -0.2) is 30.7 Å². The molecule has 0 amide bonds. The molecule has 0 aromatic heterocycles. The third-order valence-electron chi connectivity index (χ3n) is 5.16. The summed E-state index contributed by atoms with van der Waals surface area (Å²) in [5.41, 5.74) is 0. The Labute approximate surface area is 174 Å². The first kappa shape index (κ1) is 25.2. The largest absolute Gasteiger partial charge is 0.396 e. The van der Waals surface area contributed by atoms with E-state index in [0.717, 1.165) is 51.6 Å². The van der Waals surface area contributed by atoms with Crippen LogP contribution in [0.2, 0.25) is 0 Å². The van der Waals surface area contributed by atoms with E-state index in [-0.39, 0.29) is 19.0 Å². The summed E-state index contributed by atoms with van der Waals surface area (Å²) in [6.07, 6.45) is 23.2. The monoisotopic (exact) mass is 392 g/mol. The molecule has 0 aromatic rings. The van der Waals surface area contributed by atoms with Crippen molar-refractivity contribution in [1.29, 1.82) is 0 Å². The maximum Gasteiger partial charge on any atom is 0.158 e. The Morgan fingerprint density at radius 3 is 2.46 bits per heavy atom. The van der Waals surface area contributed by atoms with E-state index >= 15 is 0 Å². The normalized spacial score (nSPS) is 18.1. The molecule has 28 heavy (non-hydrogen) atoms. The second kappa shape index (κ2) is 19.5. The molecular formula is C25H44O3. The van der Waals surface area contributed by atoms with Crippen LogP contribution in [0.25, 0.3) is 0 Å². The maximum absolute atomic E-state index is 8.71. The molecule has 0 spiro atoms. The minimum atomic E-state index is 0.0121. The van der Waals surface area contributed by atoms with Crippen LogP contribution in [-0.2, 0) is 9.47 Å². The lowest BCUT2D eigenvalue weighted by molar-refractivity contribution is -0.179. The highest BCUT2D eigenvalue weighted by Gasteiger charge is 2.17. The summed E-state index contributed by atoms with van der Waals surface area (Å²) < 4.78 is 11.9. The maximum atomic E-state index is 8.71. The molecule has 1 saturated heterocycles. The molecule has 1 aliphatic rings. The SMILES string of the molecule is CCCC[C@H](C=CCCCCCCCC#CCCCCO)OC1CCCCO1. The minimum absolute atomic E-state index is 0.0121. The van der Waals surface area contributed by atoms with Gasteiger partial charge in [-0.2, -0.15) is 0 Å². The van der Waals surface area contributed by atoms with Gasteiger partial charge in [-0.05, 0) is 57.8 Å². The molecule has 0 aromatic carbocycles. The molecule has 0 saturated carbocycles. The van der Waals surface area contributed by atoms with Crippen LogP contribution in [0.1, 0.15) is 110 Å². The van der Waals surface area contributed by atoms with Crippen LogP contribution in [0.15, 0.2) is 12.2 Å². The van der Waals surface area contributed by atoms with E-state index in [1.54, 1.807) is 0 Å². The van der Waals surface area contributed by atoms with E-state index in [0.29, 0.717) is 0 Å². The second-order valence-corrected chi connectivity index (χ2v) is 7.88.